The van der Waals surface area contributed by atoms with E-state index < -0.39 is 4.92 Å². The van der Waals surface area contributed by atoms with Crippen LogP contribution in [0.25, 0.3) is 0 Å². The van der Waals surface area contributed by atoms with Crippen LogP contribution in [0.3, 0.4) is 0 Å². The smallest absolute Gasteiger partial charge is 0.293 e. The van der Waals surface area contributed by atoms with Crippen molar-refractivity contribution >= 4 is 44.4 Å². The number of carbonyl (C=O) groups excluding carboxylic acids is 1. The quantitative estimate of drug-likeness (QED) is 0.369. The third kappa shape index (κ3) is 2.85. The fourth-order valence-electron chi connectivity index (χ4n) is 0.839. The number of alkyl halides is 1. The molecule has 0 aliphatic heterocycles. The molecule has 0 amide bonds. The standard InChI is InChI=1S/C7H5BrN2O3.BrH/c8-3-7(11)5-1-2-9-4-6(5)10(12)13;/h1-2,4H,3H2;1H. The molecule has 0 saturated carbocycles. The zero-order valence-electron chi connectivity index (χ0n) is 6.84. The fourth-order valence-corrected chi connectivity index (χ4v) is 1.14. The Morgan fingerprint density at radius 2 is 2.29 bits per heavy atom. The lowest BCUT2D eigenvalue weighted by Gasteiger charge is -1.97. The Morgan fingerprint density at radius 1 is 1.64 bits per heavy atom. The van der Waals surface area contributed by atoms with Gasteiger partial charge in [0.25, 0.3) is 5.69 Å². The van der Waals surface area contributed by atoms with E-state index in [4.69, 9.17) is 0 Å². The van der Waals surface area contributed by atoms with E-state index in [9.17, 15) is 14.9 Å². The summed E-state index contributed by atoms with van der Waals surface area (Å²) in [6.07, 6.45) is 2.42. The molecule has 1 heterocycles. The molecule has 0 bridgehead atoms. The number of halogens is 2. The van der Waals surface area contributed by atoms with Crippen LogP contribution >= 0.6 is 32.9 Å². The molecule has 0 radical (unpaired) electrons. The van der Waals surface area contributed by atoms with Gasteiger partial charge >= 0.3 is 0 Å². The van der Waals surface area contributed by atoms with Crippen molar-refractivity contribution in [3.63, 3.8) is 0 Å². The van der Waals surface area contributed by atoms with Crippen molar-refractivity contribution in [1.82, 2.24) is 4.98 Å². The zero-order valence-corrected chi connectivity index (χ0v) is 10.1. The SMILES string of the molecule is Br.O=C(CBr)c1ccncc1[N+](=O)[O-]. The lowest BCUT2D eigenvalue weighted by molar-refractivity contribution is -0.385. The first-order chi connectivity index (χ1) is 6.16. The second-order valence-corrected chi connectivity index (χ2v) is 2.77. The van der Waals surface area contributed by atoms with E-state index >= 15 is 0 Å². The van der Waals surface area contributed by atoms with Gasteiger partial charge in [0, 0.05) is 6.20 Å². The number of pyridine rings is 1. The average Bonchev–Trinajstić information content (AvgIpc) is 2.16. The lowest BCUT2D eigenvalue weighted by Crippen LogP contribution is -2.04. The number of hydrogen-bond donors (Lipinski definition) is 0. The molecule has 0 spiro atoms. The van der Waals surface area contributed by atoms with E-state index in [1.807, 2.05) is 0 Å². The lowest BCUT2D eigenvalue weighted by atomic mass is 10.2. The van der Waals surface area contributed by atoms with E-state index in [1.165, 1.54) is 12.3 Å². The van der Waals surface area contributed by atoms with Crippen LogP contribution in [0.15, 0.2) is 18.5 Å². The molecule has 1 aromatic rings. The normalized spacial score (nSPS) is 8.93. The molecular formula is C7H6Br2N2O3. The van der Waals surface area contributed by atoms with Gasteiger partial charge in [0.05, 0.1) is 15.8 Å². The Bertz CT molecular complexity index is 357. The van der Waals surface area contributed by atoms with Crippen molar-refractivity contribution < 1.29 is 9.72 Å². The number of nitro groups is 1. The topological polar surface area (TPSA) is 73.1 Å². The van der Waals surface area contributed by atoms with Crippen LogP contribution in [-0.4, -0.2) is 21.0 Å². The van der Waals surface area contributed by atoms with E-state index in [0.717, 1.165) is 6.20 Å². The van der Waals surface area contributed by atoms with Crippen LogP contribution in [0.4, 0.5) is 5.69 Å². The van der Waals surface area contributed by atoms with Gasteiger partial charge in [-0.15, -0.1) is 17.0 Å². The number of carbonyl (C=O) groups is 1. The zero-order chi connectivity index (χ0) is 9.84. The third-order valence-electron chi connectivity index (χ3n) is 1.42. The second kappa shape index (κ2) is 5.82. The van der Waals surface area contributed by atoms with Crippen molar-refractivity contribution in [2.45, 2.75) is 0 Å². The summed E-state index contributed by atoms with van der Waals surface area (Å²) in [5.41, 5.74) is -0.177. The van der Waals surface area contributed by atoms with Crippen molar-refractivity contribution in [3.8, 4) is 0 Å². The number of ketones is 1. The first-order valence-electron chi connectivity index (χ1n) is 3.34. The van der Waals surface area contributed by atoms with Crippen LogP contribution in [0.2, 0.25) is 0 Å². The minimum absolute atomic E-state index is 0. The molecule has 7 heteroatoms. The maximum absolute atomic E-state index is 11.2. The summed E-state index contributed by atoms with van der Waals surface area (Å²) >= 11 is 2.94. The minimum atomic E-state index is -0.622. The summed E-state index contributed by atoms with van der Waals surface area (Å²) in [4.78, 5) is 24.6. The Kier molecular flexibility index (Phi) is 5.47. The predicted octanol–water partition coefficient (Wildman–Crippen LogP) is 2.15. The molecule has 5 nitrogen and oxygen atoms in total. The molecule has 14 heavy (non-hydrogen) atoms. The minimum Gasteiger partial charge on any atom is -0.293 e. The van der Waals surface area contributed by atoms with Crippen LogP contribution in [-0.2, 0) is 0 Å². The van der Waals surface area contributed by atoms with Gasteiger partial charge in [0.15, 0.2) is 5.78 Å². The van der Waals surface area contributed by atoms with Crippen LogP contribution in [0.5, 0.6) is 0 Å². The number of aromatic nitrogens is 1. The molecule has 0 N–H and O–H groups in total. The highest BCUT2D eigenvalue weighted by Gasteiger charge is 2.18. The third-order valence-corrected chi connectivity index (χ3v) is 1.93. The number of nitrogens with zero attached hydrogens (tertiary/aromatic N) is 2. The maximum atomic E-state index is 11.2. The molecule has 0 atom stereocenters. The predicted molar refractivity (Wildman–Crippen MR) is 59.3 cm³/mol. The van der Waals surface area contributed by atoms with Crippen LogP contribution in [0, 0.1) is 10.1 Å². The highest BCUT2D eigenvalue weighted by atomic mass is 79.9. The van der Waals surface area contributed by atoms with Crippen molar-refractivity contribution in [1.29, 1.82) is 0 Å². The Morgan fingerprint density at radius 3 is 2.79 bits per heavy atom. The summed E-state index contributed by atoms with van der Waals surface area (Å²) < 4.78 is 0. The monoisotopic (exact) mass is 324 g/mol. The first-order valence-corrected chi connectivity index (χ1v) is 4.46. The average molecular weight is 326 g/mol. The Balaban J connectivity index is 0.00000169. The summed E-state index contributed by atoms with van der Waals surface area (Å²) in [6.45, 7) is 0. The number of Topliss-reactive ketones (excluding diaryl/α,β-unsaturated/α-hetero) is 1. The second-order valence-electron chi connectivity index (χ2n) is 2.21. The molecule has 1 aromatic heterocycles. The molecule has 0 fully saturated rings. The van der Waals surface area contributed by atoms with Gasteiger partial charge in [-0.3, -0.25) is 19.9 Å². The van der Waals surface area contributed by atoms with Gasteiger partial charge in [-0.1, -0.05) is 15.9 Å². The fraction of sp³-hybridized carbons (Fsp3) is 0.143. The summed E-state index contributed by atoms with van der Waals surface area (Å²) in [7, 11) is 0. The summed E-state index contributed by atoms with van der Waals surface area (Å²) in [5, 5.41) is 10.5. The van der Waals surface area contributed by atoms with Crippen molar-refractivity contribution in [3.05, 3.63) is 34.1 Å². The molecular weight excluding hydrogens is 320 g/mol. The largest absolute Gasteiger partial charge is 0.298 e. The highest BCUT2D eigenvalue weighted by molar-refractivity contribution is 9.09. The molecule has 0 aromatic carbocycles. The van der Waals surface area contributed by atoms with Gasteiger partial charge in [-0.2, -0.15) is 0 Å². The Labute approximate surface area is 98.6 Å². The van der Waals surface area contributed by atoms with Crippen LogP contribution in [0.1, 0.15) is 10.4 Å². The molecule has 0 aliphatic rings. The van der Waals surface area contributed by atoms with Crippen molar-refractivity contribution in [2.75, 3.05) is 5.33 Å². The van der Waals surface area contributed by atoms with Gasteiger partial charge in [-0.25, -0.2) is 0 Å². The van der Waals surface area contributed by atoms with Gasteiger partial charge in [-0.05, 0) is 6.07 Å². The summed E-state index contributed by atoms with van der Waals surface area (Å²) in [5.74, 6) is -0.325. The summed E-state index contributed by atoms with van der Waals surface area (Å²) in [6, 6.07) is 1.34. The number of rotatable bonds is 3. The van der Waals surface area contributed by atoms with E-state index in [2.05, 4.69) is 20.9 Å². The van der Waals surface area contributed by atoms with Crippen LogP contribution < -0.4 is 0 Å². The molecule has 76 valence electrons. The van der Waals surface area contributed by atoms with Gasteiger partial charge < -0.3 is 0 Å². The highest BCUT2D eigenvalue weighted by Crippen LogP contribution is 2.17. The Hall–Kier alpha value is -0.820. The first kappa shape index (κ1) is 13.2. The molecule has 1 rings (SSSR count). The molecule has 0 unspecified atom stereocenters. The van der Waals surface area contributed by atoms with Crippen molar-refractivity contribution in [2.24, 2.45) is 0 Å². The van der Waals surface area contributed by atoms with Gasteiger partial charge in [0.2, 0.25) is 0 Å². The number of hydrogen-bond acceptors (Lipinski definition) is 4. The van der Waals surface area contributed by atoms with Gasteiger partial charge in [0.1, 0.15) is 6.20 Å². The maximum Gasteiger partial charge on any atom is 0.298 e. The van der Waals surface area contributed by atoms with E-state index in [0.29, 0.717) is 0 Å². The van der Waals surface area contributed by atoms with E-state index in [-0.39, 0.29) is 39.3 Å². The van der Waals surface area contributed by atoms with E-state index in [1.54, 1.807) is 0 Å². The molecule has 0 aliphatic carbocycles. The molecule has 0 saturated heterocycles.